The van der Waals surface area contributed by atoms with E-state index in [1.54, 1.807) is 6.08 Å². The molecule has 3 heteroatoms. The van der Waals surface area contributed by atoms with Crippen molar-refractivity contribution in [2.45, 2.75) is 77.0 Å². The molecule has 0 aliphatic carbocycles. The van der Waals surface area contributed by atoms with Crippen LogP contribution in [-0.4, -0.2) is 29.8 Å². The lowest BCUT2D eigenvalue weighted by molar-refractivity contribution is -0.130. The molecule has 1 heterocycles. The number of hydrogen-bond donors (Lipinski definition) is 0. The first-order chi connectivity index (χ1) is 9.84. The molecule has 0 aromatic heterocycles. The second-order valence-electron chi connectivity index (χ2n) is 5.78. The maximum absolute atomic E-state index is 11.8. The molecule has 20 heavy (non-hydrogen) atoms. The van der Waals surface area contributed by atoms with Gasteiger partial charge in [0.25, 0.3) is 0 Å². The van der Waals surface area contributed by atoms with Crippen molar-refractivity contribution in [1.29, 1.82) is 0 Å². The third-order valence-corrected chi connectivity index (χ3v) is 4.03. The van der Waals surface area contributed by atoms with Gasteiger partial charge in [-0.3, -0.25) is 4.79 Å². The van der Waals surface area contributed by atoms with Gasteiger partial charge in [-0.25, -0.2) is 4.79 Å². The van der Waals surface area contributed by atoms with Crippen LogP contribution in [0, 0.1) is 0 Å². The van der Waals surface area contributed by atoms with E-state index in [4.69, 9.17) is 0 Å². The largest absolute Gasteiger partial charge is 0.343 e. The zero-order valence-electron chi connectivity index (χ0n) is 12.7. The topological polar surface area (TPSA) is 37.4 Å². The van der Waals surface area contributed by atoms with E-state index in [0.717, 1.165) is 45.2 Å². The summed E-state index contributed by atoms with van der Waals surface area (Å²) in [5.41, 5.74) is 0. The highest BCUT2D eigenvalue weighted by atomic mass is 16.2. The van der Waals surface area contributed by atoms with Gasteiger partial charge in [0.1, 0.15) is 5.94 Å². The number of hydrogen-bond acceptors (Lipinski definition) is 2. The molecule has 1 saturated heterocycles. The predicted molar refractivity (Wildman–Crippen MR) is 82.2 cm³/mol. The summed E-state index contributed by atoms with van der Waals surface area (Å²) in [7, 11) is 0. The molecular formula is C17H29NO2. The Bertz CT molecular complexity index is 308. The predicted octanol–water partition coefficient (Wildman–Crippen LogP) is 3.90. The third kappa shape index (κ3) is 8.16. The highest BCUT2D eigenvalue weighted by Gasteiger charge is 2.15. The molecule has 1 rings (SSSR count). The number of allylic oxidation sites excluding steroid dienone is 1. The molecule has 1 fully saturated rings. The highest BCUT2D eigenvalue weighted by molar-refractivity contribution is 5.76. The van der Waals surface area contributed by atoms with Crippen molar-refractivity contribution in [2.75, 3.05) is 13.1 Å². The summed E-state index contributed by atoms with van der Waals surface area (Å²) in [5.74, 6) is 2.18. The van der Waals surface area contributed by atoms with Gasteiger partial charge < -0.3 is 4.90 Å². The number of nitrogens with zero attached hydrogens (tertiary/aromatic N) is 1. The molecule has 1 aliphatic heterocycles. The number of unbranched alkanes of at least 4 members (excludes halogenated alkanes) is 7. The second kappa shape index (κ2) is 11.7. The van der Waals surface area contributed by atoms with E-state index in [0.29, 0.717) is 5.91 Å². The standard InChI is InChI=1S/C17H29NO2/c19-16-12-7-5-3-1-2-4-6-10-14-18-15-11-8-9-13-17(18)20/h12H,1-11,13-15H2. The monoisotopic (exact) mass is 279 g/mol. The molecule has 0 aromatic rings. The zero-order chi connectivity index (χ0) is 14.5. The van der Waals surface area contributed by atoms with Crippen LogP contribution < -0.4 is 0 Å². The fraction of sp³-hybridized carbons (Fsp3) is 0.824. The number of carbonyl (C=O) groups is 1. The van der Waals surface area contributed by atoms with Crippen LogP contribution in [0.25, 0.3) is 0 Å². The van der Waals surface area contributed by atoms with Gasteiger partial charge in [0.15, 0.2) is 0 Å². The Labute approximate surface area is 123 Å². The van der Waals surface area contributed by atoms with Crippen molar-refractivity contribution in [3.8, 4) is 0 Å². The van der Waals surface area contributed by atoms with E-state index in [1.165, 1.54) is 44.9 Å². The molecular weight excluding hydrogens is 250 g/mol. The SMILES string of the molecule is O=C=CCCCCCCCCCN1CCCCCC1=O. The van der Waals surface area contributed by atoms with E-state index >= 15 is 0 Å². The first-order valence-corrected chi connectivity index (χ1v) is 8.31. The minimum absolute atomic E-state index is 0.366. The smallest absolute Gasteiger partial charge is 0.222 e. The zero-order valence-corrected chi connectivity index (χ0v) is 12.7. The molecule has 0 spiro atoms. The number of amides is 1. The molecule has 0 N–H and O–H groups in total. The lowest BCUT2D eigenvalue weighted by Crippen LogP contribution is -2.31. The van der Waals surface area contributed by atoms with Crippen LogP contribution in [0.3, 0.4) is 0 Å². The summed E-state index contributed by atoms with van der Waals surface area (Å²) in [6, 6.07) is 0. The molecule has 0 bridgehead atoms. The van der Waals surface area contributed by atoms with Crippen LogP contribution in [-0.2, 0) is 9.59 Å². The molecule has 1 amide bonds. The Morgan fingerprint density at radius 3 is 2.40 bits per heavy atom. The van der Waals surface area contributed by atoms with E-state index in [2.05, 4.69) is 4.90 Å². The first kappa shape index (κ1) is 17.0. The second-order valence-corrected chi connectivity index (χ2v) is 5.78. The normalized spacial score (nSPS) is 15.8. The summed E-state index contributed by atoms with van der Waals surface area (Å²) in [6.07, 6.45) is 15.2. The van der Waals surface area contributed by atoms with Crippen LogP contribution in [0.4, 0.5) is 0 Å². The molecule has 0 atom stereocenters. The Morgan fingerprint density at radius 1 is 0.950 bits per heavy atom. The van der Waals surface area contributed by atoms with E-state index in [1.807, 2.05) is 5.94 Å². The van der Waals surface area contributed by atoms with Crippen molar-refractivity contribution in [3.63, 3.8) is 0 Å². The summed E-state index contributed by atoms with van der Waals surface area (Å²) >= 11 is 0. The molecule has 0 aromatic carbocycles. The van der Waals surface area contributed by atoms with Crippen molar-refractivity contribution in [1.82, 2.24) is 4.90 Å². The van der Waals surface area contributed by atoms with Crippen molar-refractivity contribution in [2.24, 2.45) is 0 Å². The maximum Gasteiger partial charge on any atom is 0.222 e. The van der Waals surface area contributed by atoms with Gasteiger partial charge in [0.05, 0.1) is 0 Å². The Hall–Kier alpha value is -1.08. The number of rotatable bonds is 10. The highest BCUT2D eigenvalue weighted by Crippen LogP contribution is 2.13. The van der Waals surface area contributed by atoms with Gasteiger partial charge in [-0.15, -0.1) is 0 Å². The van der Waals surface area contributed by atoms with Gasteiger partial charge in [0, 0.05) is 19.5 Å². The summed E-state index contributed by atoms with van der Waals surface area (Å²) in [5, 5.41) is 0. The first-order valence-electron chi connectivity index (χ1n) is 8.31. The lowest BCUT2D eigenvalue weighted by atomic mass is 10.1. The fourth-order valence-corrected chi connectivity index (χ4v) is 2.77. The lowest BCUT2D eigenvalue weighted by Gasteiger charge is -2.20. The van der Waals surface area contributed by atoms with Crippen molar-refractivity contribution >= 4 is 11.8 Å². The van der Waals surface area contributed by atoms with E-state index < -0.39 is 0 Å². The van der Waals surface area contributed by atoms with Gasteiger partial charge >= 0.3 is 0 Å². The van der Waals surface area contributed by atoms with E-state index in [9.17, 15) is 9.59 Å². The van der Waals surface area contributed by atoms with Crippen LogP contribution in [0.1, 0.15) is 77.0 Å². The molecule has 3 nitrogen and oxygen atoms in total. The molecule has 0 unspecified atom stereocenters. The summed E-state index contributed by atoms with van der Waals surface area (Å²) < 4.78 is 0. The molecule has 1 aliphatic rings. The van der Waals surface area contributed by atoms with Crippen molar-refractivity contribution < 1.29 is 9.59 Å². The molecule has 114 valence electrons. The van der Waals surface area contributed by atoms with Gasteiger partial charge in [-0.2, -0.15) is 0 Å². The van der Waals surface area contributed by atoms with Gasteiger partial charge in [0.2, 0.25) is 5.91 Å². The Balaban J connectivity index is 1.91. The van der Waals surface area contributed by atoms with Crippen LogP contribution in [0.2, 0.25) is 0 Å². The average Bonchev–Trinajstić information content (AvgIpc) is 2.66. The Morgan fingerprint density at radius 2 is 1.65 bits per heavy atom. The molecule has 0 saturated carbocycles. The third-order valence-electron chi connectivity index (χ3n) is 4.03. The van der Waals surface area contributed by atoms with Crippen LogP contribution >= 0.6 is 0 Å². The number of carbonyl (C=O) groups excluding carboxylic acids is 2. The molecule has 0 radical (unpaired) electrons. The maximum atomic E-state index is 11.8. The summed E-state index contributed by atoms with van der Waals surface area (Å²) in [6.45, 7) is 1.94. The Kier molecular flexibility index (Phi) is 9.95. The number of likely N-dealkylation sites (tertiary alicyclic amines) is 1. The summed E-state index contributed by atoms with van der Waals surface area (Å²) in [4.78, 5) is 23.8. The quantitative estimate of drug-likeness (QED) is 0.449. The van der Waals surface area contributed by atoms with Crippen LogP contribution in [0.5, 0.6) is 0 Å². The van der Waals surface area contributed by atoms with Crippen LogP contribution in [0.15, 0.2) is 6.08 Å². The van der Waals surface area contributed by atoms with E-state index in [-0.39, 0.29) is 0 Å². The van der Waals surface area contributed by atoms with Gasteiger partial charge in [-0.1, -0.05) is 38.5 Å². The average molecular weight is 279 g/mol. The van der Waals surface area contributed by atoms with Crippen molar-refractivity contribution in [3.05, 3.63) is 6.08 Å². The minimum Gasteiger partial charge on any atom is -0.343 e. The van der Waals surface area contributed by atoms with Gasteiger partial charge in [-0.05, 0) is 38.2 Å². The minimum atomic E-state index is 0.366. The fourth-order valence-electron chi connectivity index (χ4n) is 2.77.